The molecule has 0 radical (unpaired) electrons. The monoisotopic (exact) mass is 364 g/mol. The van der Waals surface area contributed by atoms with E-state index in [1.54, 1.807) is 30.5 Å². The second kappa shape index (κ2) is 6.65. The van der Waals surface area contributed by atoms with Crippen molar-refractivity contribution in [2.45, 2.75) is 32.3 Å². The lowest BCUT2D eigenvalue weighted by Gasteiger charge is -2.19. The Kier molecular flexibility index (Phi) is 4.50. The van der Waals surface area contributed by atoms with Gasteiger partial charge in [0.2, 0.25) is 5.95 Å². The number of terminal acetylenes is 1. The molecule has 0 bridgehead atoms. The number of hydrogen-bond acceptors (Lipinski definition) is 5. The second-order valence-electron chi connectivity index (χ2n) is 7.14. The minimum Gasteiger partial charge on any atom is -0.456 e. The molecule has 27 heavy (non-hydrogen) atoms. The van der Waals surface area contributed by atoms with Crippen LogP contribution >= 0.6 is 0 Å². The molecule has 0 fully saturated rings. The van der Waals surface area contributed by atoms with E-state index in [1.807, 2.05) is 20.8 Å². The Morgan fingerprint density at radius 2 is 1.96 bits per heavy atom. The highest BCUT2D eigenvalue weighted by molar-refractivity contribution is 5.89. The predicted octanol–water partition coefficient (Wildman–Crippen LogP) is 2.55. The number of aromatic nitrogens is 3. The number of fused-ring (bicyclic) bond motifs is 1. The lowest BCUT2D eigenvalue weighted by molar-refractivity contribution is 0.00695. The molecule has 2 heterocycles. The van der Waals surface area contributed by atoms with E-state index in [2.05, 4.69) is 20.9 Å². The van der Waals surface area contributed by atoms with Crippen molar-refractivity contribution < 1.29 is 9.53 Å². The third-order valence-corrected chi connectivity index (χ3v) is 3.95. The molecule has 1 unspecified atom stereocenters. The van der Waals surface area contributed by atoms with E-state index in [0.717, 1.165) is 5.56 Å². The van der Waals surface area contributed by atoms with Crippen LogP contribution in [-0.4, -0.2) is 26.5 Å². The van der Waals surface area contributed by atoms with Crippen LogP contribution in [-0.2, 0) is 4.74 Å². The highest BCUT2D eigenvalue weighted by Crippen LogP contribution is 2.28. The van der Waals surface area contributed by atoms with E-state index in [-0.39, 0.29) is 11.5 Å². The highest BCUT2D eigenvalue weighted by Gasteiger charge is 2.21. The quantitative estimate of drug-likeness (QED) is 0.488. The molecule has 0 saturated heterocycles. The molecule has 138 valence electrons. The smallest absolute Gasteiger partial charge is 0.338 e. The van der Waals surface area contributed by atoms with Gasteiger partial charge in [-0.3, -0.25) is 9.78 Å². The number of nitrogens with two attached hydrogens (primary N) is 1. The molecule has 1 aromatic carbocycles. The third kappa shape index (κ3) is 3.70. The Morgan fingerprint density at radius 1 is 1.30 bits per heavy atom. The molecule has 0 amide bonds. The molecule has 0 saturated carbocycles. The molecule has 0 aliphatic heterocycles. The summed E-state index contributed by atoms with van der Waals surface area (Å²) in [5, 5.41) is 0.364. The van der Waals surface area contributed by atoms with Gasteiger partial charge in [0.25, 0.3) is 5.56 Å². The van der Waals surface area contributed by atoms with Gasteiger partial charge < -0.3 is 15.5 Å². The Hall–Kier alpha value is -3.53. The van der Waals surface area contributed by atoms with Gasteiger partial charge >= 0.3 is 5.97 Å². The van der Waals surface area contributed by atoms with Crippen LogP contribution in [0.1, 0.15) is 48.2 Å². The number of nitrogens with one attached hydrogen (secondary N) is 2. The van der Waals surface area contributed by atoms with E-state index < -0.39 is 17.5 Å². The first kappa shape index (κ1) is 18.3. The molecule has 7 nitrogen and oxygen atoms in total. The maximum atomic E-state index is 12.3. The zero-order valence-corrected chi connectivity index (χ0v) is 15.3. The van der Waals surface area contributed by atoms with Gasteiger partial charge in [0.1, 0.15) is 11.2 Å². The van der Waals surface area contributed by atoms with Crippen molar-refractivity contribution in [3.05, 3.63) is 57.5 Å². The van der Waals surface area contributed by atoms with Gasteiger partial charge in [-0.05, 0) is 38.5 Å². The number of anilines is 1. The number of nitrogens with zero attached hydrogens (tertiary/aromatic N) is 1. The second-order valence-corrected chi connectivity index (χ2v) is 7.14. The van der Waals surface area contributed by atoms with Crippen molar-refractivity contribution in [3.63, 3.8) is 0 Å². The Bertz CT molecular complexity index is 1100. The van der Waals surface area contributed by atoms with Gasteiger partial charge in [-0.2, -0.15) is 4.98 Å². The van der Waals surface area contributed by atoms with Gasteiger partial charge in [0.05, 0.1) is 16.9 Å². The van der Waals surface area contributed by atoms with Crippen LogP contribution in [0.2, 0.25) is 0 Å². The first-order valence-electron chi connectivity index (χ1n) is 8.36. The zero-order chi connectivity index (χ0) is 19.8. The number of carbonyl (C=O) groups is 1. The fourth-order valence-electron chi connectivity index (χ4n) is 2.82. The topological polar surface area (TPSA) is 114 Å². The Labute approximate surface area is 156 Å². The Balaban J connectivity index is 1.97. The maximum absolute atomic E-state index is 12.3. The van der Waals surface area contributed by atoms with Crippen LogP contribution in [0.15, 0.2) is 35.3 Å². The summed E-state index contributed by atoms with van der Waals surface area (Å²) in [6, 6.07) is 6.81. The molecule has 0 aliphatic rings. The van der Waals surface area contributed by atoms with Gasteiger partial charge in [0, 0.05) is 11.8 Å². The van der Waals surface area contributed by atoms with Crippen LogP contribution in [0, 0.1) is 12.3 Å². The summed E-state index contributed by atoms with van der Waals surface area (Å²) in [5.41, 5.74) is 6.82. The van der Waals surface area contributed by atoms with Crippen LogP contribution in [0.5, 0.6) is 0 Å². The van der Waals surface area contributed by atoms with E-state index in [9.17, 15) is 9.59 Å². The van der Waals surface area contributed by atoms with E-state index >= 15 is 0 Å². The van der Waals surface area contributed by atoms with Gasteiger partial charge in [0.15, 0.2) is 0 Å². The Morgan fingerprint density at radius 3 is 2.56 bits per heavy atom. The molecule has 7 heteroatoms. The fourth-order valence-corrected chi connectivity index (χ4v) is 2.82. The van der Waals surface area contributed by atoms with E-state index in [0.29, 0.717) is 22.2 Å². The lowest BCUT2D eigenvalue weighted by atomic mass is 9.92. The number of rotatable bonds is 3. The fraction of sp³-hybridized carbons (Fsp3) is 0.250. The molecule has 3 rings (SSSR count). The minimum absolute atomic E-state index is 0.0277. The number of H-pyrrole nitrogens is 2. The van der Waals surface area contributed by atoms with E-state index in [1.165, 1.54) is 0 Å². The van der Waals surface area contributed by atoms with Crippen molar-refractivity contribution in [2.24, 2.45) is 0 Å². The number of esters is 1. The van der Waals surface area contributed by atoms with Crippen LogP contribution < -0.4 is 11.3 Å². The van der Waals surface area contributed by atoms with Crippen molar-refractivity contribution in [3.8, 4) is 12.3 Å². The number of nitrogen functional groups attached to an aromatic ring is 1. The first-order valence-corrected chi connectivity index (χ1v) is 8.36. The maximum Gasteiger partial charge on any atom is 0.338 e. The van der Waals surface area contributed by atoms with Crippen molar-refractivity contribution in [1.29, 1.82) is 0 Å². The number of ether oxygens (including phenoxy) is 1. The van der Waals surface area contributed by atoms with Crippen LogP contribution in [0.25, 0.3) is 11.0 Å². The zero-order valence-electron chi connectivity index (χ0n) is 15.3. The standard InChI is InChI=1S/C20H20N4O3/c1-5-13(14-10-22-16-15(14)17(25)24-19(21)23-16)11-6-8-12(9-7-11)18(26)27-20(2,3)4/h1,6-10,13H,2-4H3,(H4,21,22,23,24,25). The van der Waals surface area contributed by atoms with Gasteiger partial charge in [-0.15, -0.1) is 6.42 Å². The molecule has 0 spiro atoms. The number of carbonyl (C=O) groups excluding carboxylic acids is 1. The molecule has 0 aliphatic carbocycles. The summed E-state index contributed by atoms with van der Waals surface area (Å²) in [4.78, 5) is 33.9. The minimum atomic E-state index is -0.572. The van der Waals surface area contributed by atoms with Crippen molar-refractivity contribution >= 4 is 23.0 Å². The highest BCUT2D eigenvalue weighted by atomic mass is 16.6. The molecule has 1 atom stereocenters. The molecule has 2 aromatic heterocycles. The summed E-state index contributed by atoms with van der Waals surface area (Å²) in [6.45, 7) is 5.43. The molecule has 3 aromatic rings. The SMILES string of the molecule is C#CC(c1ccc(C(=O)OC(C)(C)C)cc1)c1c[nH]c2nc(N)[nH]c(=O)c12. The summed E-state index contributed by atoms with van der Waals surface area (Å²) < 4.78 is 5.36. The summed E-state index contributed by atoms with van der Waals surface area (Å²) in [5.74, 6) is 1.83. The van der Waals surface area contributed by atoms with E-state index in [4.69, 9.17) is 16.9 Å². The first-order chi connectivity index (χ1) is 12.7. The number of aromatic amines is 2. The predicted molar refractivity (Wildman–Crippen MR) is 103 cm³/mol. The molecular formula is C20H20N4O3. The summed E-state index contributed by atoms with van der Waals surface area (Å²) >= 11 is 0. The number of hydrogen-bond donors (Lipinski definition) is 3. The average Bonchev–Trinajstić information content (AvgIpc) is 2.98. The summed E-state index contributed by atoms with van der Waals surface area (Å²) in [7, 11) is 0. The normalized spacial score (nSPS) is 12.5. The average molecular weight is 364 g/mol. The lowest BCUT2D eigenvalue weighted by Crippen LogP contribution is -2.23. The largest absolute Gasteiger partial charge is 0.456 e. The van der Waals surface area contributed by atoms with Crippen LogP contribution in [0.3, 0.4) is 0 Å². The summed E-state index contributed by atoms with van der Waals surface area (Å²) in [6.07, 6.45) is 7.39. The van der Waals surface area contributed by atoms with Crippen molar-refractivity contribution in [1.82, 2.24) is 15.0 Å². The van der Waals surface area contributed by atoms with Crippen LogP contribution in [0.4, 0.5) is 5.95 Å². The number of benzene rings is 1. The van der Waals surface area contributed by atoms with Gasteiger partial charge in [-0.25, -0.2) is 4.79 Å². The molecule has 4 N–H and O–H groups in total. The third-order valence-electron chi connectivity index (χ3n) is 3.95. The van der Waals surface area contributed by atoms with Crippen molar-refractivity contribution in [2.75, 3.05) is 5.73 Å². The van der Waals surface area contributed by atoms with Gasteiger partial charge in [-0.1, -0.05) is 18.1 Å². The molecular weight excluding hydrogens is 344 g/mol.